The van der Waals surface area contributed by atoms with Gasteiger partial charge in [-0.25, -0.2) is 0 Å². The summed E-state index contributed by atoms with van der Waals surface area (Å²) in [7, 11) is -14.4. The van der Waals surface area contributed by atoms with Gasteiger partial charge >= 0.3 is 32.8 Å². The molecule has 0 aromatic carbocycles. The molecule has 16 heteroatoms. The Labute approximate surface area is 180 Å². The fourth-order valence-electron chi connectivity index (χ4n) is 2.13. The first-order chi connectivity index (χ1) is 13.7. The SMILES string of the molecule is CCO[Si](CCP(=O)(OCC)OCC)(OCC)OCC.O=P(O)(O)CC[Si](O)(O)O. The molecule has 0 aliphatic heterocycles. The minimum Gasteiger partial charge on any atom is -0.390 e. The Morgan fingerprint density at radius 1 is 0.667 bits per heavy atom. The molecule has 0 aliphatic carbocycles. The average molecular weight is 517 g/mol. The second-order valence-electron chi connectivity index (χ2n) is 5.81. The van der Waals surface area contributed by atoms with Gasteiger partial charge in [0.2, 0.25) is 0 Å². The maximum Gasteiger partial charge on any atom is 0.501 e. The zero-order valence-electron chi connectivity index (χ0n) is 18.4. The highest BCUT2D eigenvalue weighted by molar-refractivity contribution is 7.54. The maximum absolute atomic E-state index is 12.5. The summed E-state index contributed by atoms with van der Waals surface area (Å²) in [6, 6.07) is -0.197. The van der Waals surface area contributed by atoms with Crippen LogP contribution >= 0.6 is 15.2 Å². The molecule has 0 heterocycles. The molecular weight excluding hydrogens is 478 g/mol. The maximum atomic E-state index is 12.5. The summed E-state index contributed by atoms with van der Waals surface area (Å²) in [5, 5.41) is 0. The van der Waals surface area contributed by atoms with Crippen molar-refractivity contribution in [3.8, 4) is 0 Å². The van der Waals surface area contributed by atoms with E-state index in [2.05, 4.69) is 0 Å². The first-order valence-electron chi connectivity index (χ1n) is 9.73. The molecule has 30 heavy (non-hydrogen) atoms. The largest absolute Gasteiger partial charge is 0.501 e. The lowest BCUT2D eigenvalue weighted by molar-refractivity contribution is 0.0720. The highest BCUT2D eigenvalue weighted by Crippen LogP contribution is 2.49. The third-order valence-electron chi connectivity index (χ3n) is 3.17. The molecule has 0 amide bonds. The van der Waals surface area contributed by atoms with Crippen molar-refractivity contribution < 1.29 is 55.6 Å². The van der Waals surface area contributed by atoms with E-state index in [0.29, 0.717) is 39.1 Å². The predicted octanol–water partition coefficient (Wildman–Crippen LogP) is 1.38. The van der Waals surface area contributed by atoms with Crippen LogP contribution < -0.4 is 0 Å². The lowest BCUT2D eigenvalue weighted by atomic mass is 10.9. The van der Waals surface area contributed by atoms with Crippen molar-refractivity contribution >= 4 is 32.8 Å². The van der Waals surface area contributed by atoms with Gasteiger partial charge in [-0.2, -0.15) is 0 Å². The van der Waals surface area contributed by atoms with E-state index in [4.69, 9.17) is 46.5 Å². The van der Waals surface area contributed by atoms with Gasteiger partial charge in [-0.1, -0.05) is 0 Å². The quantitative estimate of drug-likeness (QED) is 0.147. The van der Waals surface area contributed by atoms with Crippen molar-refractivity contribution in [2.75, 3.05) is 45.4 Å². The molecular formula is C14H38O12P2Si2. The van der Waals surface area contributed by atoms with E-state index in [1.807, 2.05) is 20.8 Å². The third-order valence-corrected chi connectivity index (χ3v) is 10.9. The highest BCUT2D eigenvalue weighted by atomic mass is 31.2. The van der Waals surface area contributed by atoms with Gasteiger partial charge in [-0.15, -0.1) is 0 Å². The van der Waals surface area contributed by atoms with Gasteiger partial charge in [0.25, 0.3) is 0 Å². The second kappa shape index (κ2) is 16.2. The minimum absolute atomic E-state index is 0.251. The lowest BCUT2D eigenvalue weighted by Crippen LogP contribution is -2.46. The zero-order chi connectivity index (χ0) is 23.9. The van der Waals surface area contributed by atoms with Gasteiger partial charge in [0, 0.05) is 31.9 Å². The summed E-state index contributed by atoms with van der Waals surface area (Å²) >= 11 is 0. The average Bonchev–Trinajstić information content (AvgIpc) is 2.59. The van der Waals surface area contributed by atoms with Crippen molar-refractivity contribution in [2.45, 2.75) is 46.7 Å². The van der Waals surface area contributed by atoms with Gasteiger partial charge < -0.3 is 46.5 Å². The summed E-state index contributed by atoms with van der Waals surface area (Å²) in [5.74, 6) is 0. The molecule has 0 saturated heterocycles. The van der Waals surface area contributed by atoms with E-state index >= 15 is 0 Å². The van der Waals surface area contributed by atoms with Crippen LogP contribution in [-0.2, 0) is 31.5 Å². The van der Waals surface area contributed by atoms with Crippen LogP contribution in [0.25, 0.3) is 0 Å². The Morgan fingerprint density at radius 2 is 1.07 bits per heavy atom. The first-order valence-corrected chi connectivity index (χ1v) is 17.2. The Hall–Kier alpha value is 0.494. The fourth-order valence-corrected chi connectivity index (χ4v) is 9.81. The fraction of sp³-hybridized carbons (Fsp3) is 1.00. The monoisotopic (exact) mass is 516 g/mol. The van der Waals surface area contributed by atoms with Crippen LogP contribution in [0.5, 0.6) is 0 Å². The van der Waals surface area contributed by atoms with Crippen LogP contribution in [0.4, 0.5) is 0 Å². The van der Waals surface area contributed by atoms with Gasteiger partial charge in [-0.3, -0.25) is 9.13 Å². The van der Waals surface area contributed by atoms with E-state index in [1.165, 1.54) is 0 Å². The Bertz CT molecular complexity index is 499. The van der Waals surface area contributed by atoms with Gasteiger partial charge in [0.15, 0.2) is 0 Å². The molecule has 0 atom stereocenters. The third kappa shape index (κ3) is 18.1. The molecule has 0 rings (SSSR count). The van der Waals surface area contributed by atoms with Crippen LogP contribution in [0.2, 0.25) is 12.1 Å². The summed E-state index contributed by atoms with van der Waals surface area (Å²) in [6.45, 7) is 11.5. The molecule has 0 saturated carbocycles. The van der Waals surface area contributed by atoms with Crippen molar-refractivity contribution in [3.63, 3.8) is 0 Å². The van der Waals surface area contributed by atoms with Crippen molar-refractivity contribution in [1.82, 2.24) is 0 Å². The van der Waals surface area contributed by atoms with Crippen molar-refractivity contribution in [1.29, 1.82) is 0 Å². The van der Waals surface area contributed by atoms with Gasteiger partial charge in [-0.05, 0) is 34.6 Å². The number of rotatable bonds is 16. The molecule has 12 nitrogen and oxygen atoms in total. The smallest absolute Gasteiger partial charge is 0.390 e. The highest BCUT2D eigenvalue weighted by Gasteiger charge is 2.43. The number of hydrogen-bond acceptors (Lipinski definition) is 10. The topological polar surface area (TPSA) is 181 Å². The van der Waals surface area contributed by atoms with Crippen molar-refractivity contribution in [3.05, 3.63) is 0 Å². The van der Waals surface area contributed by atoms with E-state index in [1.54, 1.807) is 13.8 Å². The standard InChI is InChI=1S/C12H29O6PSi.C2H9O6PSi/c1-6-14-19(13,15-7-2)11-12-20(16-8-3,17-9-4)18-10-5;3-9(4,5)1-2-10(6,7)8/h6-12H2,1-5H3;6-8H,1-2H2,(H2,3,4,5). The predicted molar refractivity (Wildman–Crippen MR) is 115 cm³/mol. The zero-order valence-corrected chi connectivity index (χ0v) is 22.1. The summed E-state index contributed by atoms with van der Waals surface area (Å²) in [4.78, 5) is 41.2. The summed E-state index contributed by atoms with van der Waals surface area (Å²) < 4.78 is 50.3. The normalized spacial score (nSPS) is 13.1. The number of hydrogen-bond donors (Lipinski definition) is 5. The van der Waals surface area contributed by atoms with E-state index in [9.17, 15) is 9.13 Å². The molecule has 0 aliphatic rings. The minimum atomic E-state index is -4.26. The van der Waals surface area contributed by atoms with E-state index in [0.717, 1.165) is 0 Å². The Kier molecular flexibility index (Phi) is 17.6. The van der Waals surface area contributed by atoms with Crippen LogP contribution in [0.1, 0.15) is 34.6 Å². The molecule has 0 unspecified atom stereocenters. The summed E-state index contributed by atoms with van der Waals surface area (Å²) in [6.07, 6.45) is -0.441. The first kappa shape index (κ1) is 32.7. The molecule has 0 radical (unpaired) electrons. The van der Waals surface area contributed by atoms with Crippen LogP contribution in [0, 0.1) is 0 Å². The van der Waals surface area contributed by atoms with E-state index in [-0.39, 0.29) is 6.16 Å². The second-order valence-corrected chi connectivity index (χ2v) is 14.6. The van der Waals surface area contributed by atoms with Crippen LogP contribution in [-0.4, -0.2) is 87.1 Å². The molecule has 0 bridgehead atoms. The van der Waals surface area contributed by atoms with Gasteiger partial charge in [0.05, 0.1) is 25.5 Å². The van der Waals surface area contributed by atoms with Gasteiger partial charge in [0.1, 0.15) is 0 Å². The Morgan fingerprint density at radius 3 is 1.30 bits per heavy atom. The van der Waals surface area contributed by atoms with Crippen LogP contribution in [0.3, 0.4) is 0 Å². The molecule has 0 fully saturated rings. The molecule has 5 N–H and O–H groups in total. The molecule has 0 aromatic rings. The van der Waals surface area contributed by atoms with Crippen molar-refractivity contribution in [2.24, 2.45) is 0 Å². The molecule has 184 valence electrons. The Balaban J connectivity index is 0. The van der Waals surface area contributed by atoms with Crippen LogP contribution in [0.15, 0.2) is 0 Å². The summed E-state index contributed by atoms with van der Waals surface area (Å²) in [5.41, 5.74) is 0. The molecule has 0 aromatic heterocycles. The lowest BCUT2D eigenvalue weighted by Gasteiger charge is -2.29. The van der Waals surface area contributed by atoms with E-state index < -0.39 is 45.0 Å². The molecule has 0 spiro atoms.